The average Bonchev–Trinajstić information content (AvgIpc) is 2.38. The van der Waals surface area contributed by atoms with Gasteiger partial charge >= 0.3 is 0 Å². The van der Waals surface area contributed by atoms with E-state index in [-0.39, 0.29) is 11.8 Å². The molecule has 0 saturated carbocycles. The molecule has 0 atom stereocenters. The van der Waals surface area contributed by atoms with Crippen LogP contribution in [0.3, 0.4) is 0 Å². The zero-order valence-corrected chi connectivity index (χ0v) is 9.47. The summed E-state index contributed by atoms with van der Waals surface area (Å²) >= 11 is 0. The van der Waals surface area contributed by atoms with Crippen molar-refractivity contribution in [2.45, 2.75) is 0 Å². The van der Waals surface area contributed by atoms with E-state index in [1.165, 1.54) is 13.2 Å². The Kier molecular flexibility index (Phi) is 3.09. The highest BCUT2D eigenvalue weighted by atomic mass is 16.6. The van der Waals surface area contributed by atoms with Gasteiger partial charge in [0.05, 0.1) is 20.3 Å². The Morgan fingerprint density at radius 2 is 1.82 bits per heavy atom. The van der Waals surface area contributed by atoms with Gasteiger partial charge in [-0.15, -0.1) is 0 Å². The molecule has 2 aromatic rings. The van der Waals surface area contributed by atoms with Gasteiger partial charge in [-0.25, -0.2) is 0 Å². The van der Waals surface area contributed by atoms with Gasteiger partial charge in [0.25, 0.3) is 11.5 Å². The maximum absolute atomic E-state index is 11.3. The SMILES string of the molecule is COc1ccc(-c2nc(=O)cc(OC)o2)cc1. The number of hydrogen-bond donors (Lipinski definition) is 0. The molecule has 1 heterocycles. The molecule has 17 heavy (non-hydrogen) atoms. The summed E-state index contributed by atoms with van der Waals surface area (Å²) in [4.78, 5) is 15.1. The zero-order chi connectivity index (χ0) is 12.3. The van der Waals surface area contributed by atoms with Gasteiger partial charge in [0, 0.05) is 5.56 Å². The van der Waals surface area contributed by atoms with E-state index >= 15 is 0 Å². The van der Waals surface area contributed by atoms with Gasteiger partial charge in [-0.3, -0.25) is 4.79 Å². The van der Waals surface area contributed by atoms with Crippen LogP contribution >= 0.6 is 0 Å². The molecule has 0 N–H and O–H groups in total. The van der Waals surface area contributed by atoms with Gasteiger partial charge in [-0.1, -0.05) is 0 Å². The molecule has 0 unspecified atom stereocenters. The first kappa shape index (κ1) is 11.2. The van der Waals surface area contributed by atoms with Crippen LogP contribution in [0, 0.1) is 0 Å². The summed E-state index contributed by atoms with van der Waals surface area (Å²) < 4.78 is 15.2. The van der Waals surface area contributed by atoms with Crippen LogP contribution in [-0.2, 0) is 0 Å². The standard InChI is InChI=1S/C12H11NO4/c1-15-9-5-3-8(4-6-9)12-13-10(14)7-11(16-2)17-12/h3-7H,1-2H3. The van der Waals surface area contributed by atoms with Crippen LogP contribution in [0.1, 0.15) is 0 Å². The van der Waals surface area contributed by atoms with Gasteiger partial charge in [0.15, 0.2) is 0 Å². The van der Waals surface area contributed by atoms with Crippen LogP contribution in [0.2, 0.25) is 0 Å². The van der Waals surface area contributed by atoms with E-state index in [9.17, 15) is 4.79 Å². The second-order valence-electron chi connectivity index (χ2n) is 3.25. The molecule has 0 saturated heterocycles. The minimum Gasteiger partial charge on any atom is -0.497 e. The highest BCUT2D eigenvalue weighted by Gasteiger charge is 2.06. The summed E-state index contributed by atoms with van der Waals surface area (Å²) in [5.74, 6) is 1.08. The summed E-state index contributed by atoms with van der Waals surface area (Å²) in [6.07, 6.45) is 0. The van der Waals surface area contributed by atoms with Gasteiger partial charge in [-0.2, -0.15) is 4.98 Å². The molecular formula is C12H11NO4. The first-order valence-corrected chi connectivity index (χ1v) is 4.93. The van der Waals surface area contributed by atoms with Crippen molar-refractivity contribution in [3.63, 3.8) is 0 Å². The molecule has 0 aliphatic rings. The Balaban J connectivity index is 2.44. The maximum atomic E-state index is 11.3. The first-order valence-electron chi connectivity index (χ1n) is 4.93. The molecule has 88 valence electrons. The third-order valence-corrected chi connectivity index (χ3v) is 2.19. The maximum Gasteiger partial charge on any atom is 0.291 e. The molecule has 5 heteroatoms. The lowest BCUT2D eigenvalue weighted by Gasteiger charge is -2.03. The van der Waals surface area contributed by atoms with Crippen molar-refractivity contribution in [2.24, 2.45) is 0 Å². The molecule has 1 aromatic carbocycles. The van der Waals surface area contributed by atoms with E-state index < -0.39 is 5.56 Å². The molecule has 0 bridgehead atoms. The topological polar surface area (TPSA) is 61.6 Å². The normalized spacial score (nSPS) is 10.0. The van der Waals surface area contributed by atoms with Crippen molar-refractivity contribution in [3.05, 3.63) is 40.7 Å². The van der Waals surface area contributed by atoms with Crippen LogP contribution in [0.25, 0.3) is 11.5 Å². The summed E-state index contributed by atoms with van der Waals surface area (Å²) in [6, 6.07) is 8.22. The fraction of sp³-hybridized carbons (Fsp3) is 0.167. The molecule has 1 aromatic heterocycles. The second-order valence-corrected chi connectivity index (χ2v) is 3.25. The van der Waals surface area contributed by atoms with Crippen LogP contribution < -0.4 is 15.0 Å². The van der Waals surface area contributed by atoms with Gasteiger partial charge in [0.1, 0.15) is 5.75 Å². The van der Waals surface area contributed by atoms with E-state index in [1.54, 1.807) is 31.4 Å². The van der Waals surface area contributed by atoms with Crippen molar-refractivity contribution in [1.82, 2.24) is 4.98 Å². The summed E-state index contributed by atoms with van der Waals surface area (Å²) in [7, 11) is 3.01. The fourth-order valence-electron chi connectivity index (χ4n) is 1.34. The van der Waals surface area contributed by atoms with E-state index in [0.717, 1.165) is 5.75 Å². The third-order valence-electron chi connectivity index (χ3n) is 2.19. The molecule has 0 spiro atoms. The Bertz CT molecular complexity index is 559. The molecule has 0 fully saturated rings. The molecular weight excluding hydrogens is 222 g/mol. The third kappa shape index (κ3) is 2.44. The molecule has 5 nitrogen and oxygen atoms in total. The first-order chi connectivity index (χ1) is 8.22. The Labute approximate surface area is 97.6 Å². The summed E-state index contributed by atoms with van der Waals surface area (Å²) in [6.45, 7) is 0. The molecule has 0 radical (unpaired) electrons. The van der Waals surface area contributed by atoms with Crippen molar-refractivity contribution < 1.29 is 13.9 Å². The van der Waals surface area contributed by atoms with Crippen molar-refractivity contribution in [3.8, 4) is 23.1 Å². The van der Waals surface area contributed by atoms with Crippen LogP contribution in [0.5, 0.6) is 11.7 Å². The van der Waals surface area contributed by atoms with Crippen LogP contribution in [0.15, 0.2) is 39.5 Å². The lowest BCUT2D eigenvalue weighted by atomic mass is 10.2. The van der Waals surface area contributed by atoms with E-state index in [1.807, 2.05) is 0 Å². The lowest BCUT2D eigenvalue weighted by molar-refractivity contribution is 0.296. The van der Waals surface area contributed by atoms with Gasteiger partial charge < -0.3 is 13.9 Å². The number of benzene rings is 1. The van der Waals surface area contributed by atoms with Crippen molar-refractivity contribution in [2.75, 3.05) is 14.2 Å². The number of rotatable bonds is 3. The van der Waals surface area contributed by atoms with E-state index in [4.69, 9.17) is 13.9 Å². The minimum atomic E-state index is -0.404. The minimum absolute atomic E-state index is 0.135. The molecule has 0 aliphatic heterocycles. The smallest absolute Gasteiger partial charge is 0.291 e. The largest absolute Gasteiger partial charge is 0.497 e. The highest BCUT2D eigenvalue weighted by Crippen LogP contribution is 2.22. The Morgan fingerprint density at radius 1 is 1.12 bits per heavy atom. The predicted octanol–water partition coefficient (Wildman–Crippen LogP) is 1.72. The monoisotopic (exact) mass is 233 g/mol. The van der Waals surface area contributed by atoms with E-state index in [0.29, 0.717) is 5.56 Å². The van der Waals surface area contributed by atoms with Crippen LogP contribution in [-0.4, -0.2) is 19.2 Å². The molecule has 0 amide bonds. The Hall–Kier alpha value is -2.30. The average molecular weight is 233 g/mol. The number of nitrogens with zero attached hydrogens (tertiary/aromatic N) is 1. The zero-order valence-electron chi connectivity index (χ0n) is 9.47. The lowest BCUT2D eigenvalue weighted by Crippen LogP contribution is -2.05. The highest BCUT2D eigenvalue weighted by molar-refractivity contribution is 5.54. The van der Waals surface area contributed by atoms with Crippen molar-refractivity contribution >= 4 is 0 Å². The van der Waals surface area contributed by atoms with Crippen molar-refractivity contribution in [1.29, 1.82) is 0 Å². The second kappa shape index (κ2) is 4.69. The van der Waals surface area contributed by atoms with Gasteiger partial charge in [0.2, 0.25) is 5.89 Å². The number of methoxy groups -OCH3 is 2. The molecule has 2 rings (SSSR count). The predicted molar refractivity (Wildman–Crippen MR) is 61.3 cm³/mol. The fourth-order valence-corrected chi connectivity index (χ4v) is 1.34. The quantitative estimate of drug-likeness (QED) is 0.807. The summed E-state index contributed by atoms with van der Waals surface area (Å²) in [5, 5.41) is 0. The van der Waals surface area contributed by atoms with E-state index in [2.05, 4.69) is 4.98 Å². The summed E-state index contributed by atoms with van der Waals surface area (Å²) in [5.41, 5.74) is 0.278. The number of ether oxygens (including phenoxy) is 2. The number of aromatic nitrogens is 1. The Morgan fingerprint density at radius 3 is 2.41 bits per heavy atom. The molecule has 0 aliphatic carbocycles. The van der Waals surface area contributed by atoms with Gasteiger partial charge in [-0.05, 0) is 24.3 Å². The number of hydrogen-bond acceptors (Lipinski definition) is 5. The van der Waals surface area contributed by atoms with Crippen LogP contribution in [0.4, 0.5) is 0 Å².